The molecule has 3 aromatic carbocycles. The lowest BCUT2D eigenvalue weighted by Gasteiger charge is -2.08. The van der Waals surface area contributed by atoms with Gasteiger partial charge in [0.05, 0.1) is 0 Å². The Morgan fingerprint density at radius 3 is 2.51 bits per heavy atom. The van der Waals surface area contributed by atoms with E-state index in [1.807, 2.05) is 91.9 Å². The van der Waals surface area contributed by atoms with Crippen LogP contribution < -0.4 is 10.6 Å². The highest BCUT2D eigenvalue weighted by molar-refractivity contribution is 7.80. The molecule has 0 atom stereocenters. The predicted molar refractivity (Wildman–Crippen MR) is 142 cm³/mol. The van der Waals surface area contributed by atoms with Crippen LogP contribution in [-0.2, 0) is 4.79 Å². The standard InChI is InChI=1S/C28H21N3O3S/c1-18-7-14-23-25(17-18)34-27(30-23)20-8-10-21(11-9-20)29-28(35)31-26(32)16-13-22-12-15-24(33-22)19-5-3-2-4-6-19/h2-17H,1H3,(H2,29,31,32,35)/b16-13+. The lowest BCUT2D eigenvalue weighted by Crippen LogP contribution is -2.32. The number of aryl methyl sites for hydroxylation is 1. The van der Waals surface area contributed by atoms with Crippen LogP contribution in [0.4, 0.5) is 5.69 Å². The van der Waals surface area contributed by atoms with E-state index in [9.17, 15) is 4.79 Å². The van der Waals surface area contributed by atoms with Crippen LogP contribution in [0.2, 0.25) is 0 Å². The molecule has 2 heterocycles. The van der Waals surface area contributed by atoms with E-state index >= 15 is 0 Å². The van der Waals surface area contributed by atoms with Crippen molar-refractivity contribution in [1.29, 1.82) is 0 Å². The van der Waals surface area contributed by atoms with Crippen molar-refractivity contribution in [3.8, 4) is 22.8 Å². The lowest BCUT2D eigenvalue weighted by molar-refractivity contribution is -0.115. The van der Waals surface area contributed by atoms with Crippen LogP contribution in [0.3, 0.4) is 0 Å². The summed E-state index contributed by atoms with van der Waals surface area (Å²) in [4.78, 5) is 16.8. The molecule has 0 saturated heterocycles. The Kier molecular flexibility index (Phi) is 6.24. The van der Waals surface area contributed by atoms with Crippen LogP contribution in [0.5, 0.6) is 0 Å². The number of benzene rings is 3. The van der Waals surface area contributed by atoms with Crippen LogP contribution in [0, 0.1) is 6.92 Å². The van der Waals surface area contributed by atoms with Crippen molar-refractivity contribution in [2.24, 2.45) is 0 Å². The average molecular weight is 480 g/mol. The molecule has 0 aliphatic carbocycles. The number of nitrogens with one attached hydrogen (secondary N) is 2. The van der Waals surface area contributed by atoms with Crippen LogP contribution in [0.15, 0.2) is 99.8 Å². The summed E-state index contributed by atoms with van der Waals surface area (Å²) in [7, 11) is 0. The van der Waals surface area contributed by atoms with Crippen molar-refractivity contribution < 1.29 is 13.6 Å². The largest absolute Gasteiger partial charge is 0.457 e. The van der Waals surface area contributed by atoms with E-state index in [0.29, 0.717) is 11.7 Å². The predicted octanol–water partition coefficient (Wildman–Crippen LogP) is 6.59. The number of fused-ring (bicyclic) bond motifs is 1. The van der Waals surface area contributed by atoms with E-state index in [1.165, 1.54) is 6.08 Å². The fraction of sp³-hybridized carbons (Fsp3) is 0.0357. The van der Waals surface area contributed by atoms with Crippen LogP contribution in [-0.4, -0.2) is 16.0 Å². The van der Waals surface area contributed by atoms with Gasteiger partial charge in [0.1, 0.15) is 17.0 Å². The number of carbonyl (C=O) groups excluding carboxylic acids is 1. The molecule has 1 amide bonds. The molecule has 5 rings (SSSR count). The first-order valence-electron chi connectivity index (χ1n) is 11.0. The fourth-order valence-electron chi connectivity index (χ4n) is 3.53. The van der Waals surface area contributed by atoms with Gasteiger partial charge in [0.25, 0.3) is 0 Å². The Morgan fingerprint density at radius 2 is 1.71 bits per heavy atom. The molecule has 172 valence electrons. The summed E-state index contributed by atoms with van der Waals surface area (Å²) >= 11 is 5.26. The molecule has 0 bridgehead atoms. The first-order valence-corrected chi connectivity index (χ1v) is 11.4. The molecule has 0 unspecified atom stereocenters. The maximum Gasteiger partial charge on any atom is 0.250 e. The summed E-state index contributed by atoms with van der Waals surface area (Å²) in [5.74, 6) is 1.49. The summed E-state index contributed by atoms with van der Waals surface area (Å²) in [5.41, 5.74) is 5.23. The van der Waals surface area contributed by atoms with E-state index < -0.39 is 0 Å². The molecule has 0 spiro atoms. The minimum atomic E-state index is -0.362. The van der Waals surface area contributed by atoms with Crippen LogP contribution in [0.1, 0.15) is 11.3 Å². The molecule has 0 aliphatic rings. The Morgan fingerprint density at radius 1 is 0.914 bits per heavy atom. The topological polar surface area (TPSA) is 80.3 Å². The van der Waals surface area contributed by atoms with Gasteiger partial charge in [-0.05, 0) is 79.3 Å². The molecule has 6 nitrogen and oxygen atoms in total. The van der Waals surface area contributed by atoms with Gasteiger partial charge in [0.15, 0.2) is 10.7 Å². The minimum absolute atomic E-state index is 0.189. The first-order chi connectivity index (χ1) is 17.0. The minimum Gasteiger partial charge on any atom is -0.457 e. The van der Waals surface area contributed by atoms with Gasteiger partial charge in [0, 0.05) is 22.9 Å². The van der Waals surface area contributed by atoms with Crippen molar-refractivity contribution >= 4 is 46.1 Å². The zero-order chi connectivity index (χ0) is 24.2. The van der Waals surface area contributed by atoms with Gasteiger partial charge in [-0.3, -0.25) is 10.1 Å². The van der Waals surface area contributed by atoms with Gasteiger partial charge in [-0.1, -0.05) is 36.4 Å². The fourth-order valence-corrected chi connectivity index (χ4v) is 3.74. The van der Waals surface area contributed by atoms with Gasteiger partial charge in [0.2, 0.25) is 11.8 Å². The van der Waals surface area contributed by atoms with Crippen LogP contribution >= 0.6 is 12.2 Å². The maximum absolute atomic E-state index is 12.3. The summed E-state index contributed by atoms with van der Waals surface area (Å²) in [5, 5.41) is 5.82. The maximum atomic E-state index is 12.3. The Balaban J connectivity index is 1.17. The summed E-state index contributed by atoms with van der Waals surface area (Å²) in [6.07, 6.45) is 2.97. The second kappa shape index (κ2) is 9.79. The zero-order valence-corrected chi connectivity index (χ0v) is 19.6. The molecule has 0 aliphatic heterocycles. The number of oxazole rings is 1. The highest BCUT2D eigenvalue weighted by Crippen LogP contribution is 2.26. The Labute approximate surface area is 207 Å². The molecular formula is C28H21N3O3S. The van der Waals surface area contributed by atoms with Crippen molar-refractivity contribution in [3.05, 3.63) is 102 Å². The summed E-state index contributed by atoms with van der Waals surface area (Å²) in [6, 6.07) is 26.8. The second-order valence-electron chi connectivity index (χ2n) is 7.91. The van der Waals surface area contributed by atoms with Crippen molar-refractivity contribution in [2.45, 2.75) is 6.92 Å². The number of anilines is 1. The van der Waals surface area contributed by atoms with Gasteiger partial charge in [-0.15, -0.1) is 0 Å². The zero-order valence-electron chi connectivity index (χ0n) is 18.8. The monoisotopic (exact) mass is 479 g/mol. The molecule has 2 aromatic heterocycles. The number of amides is 1. The van der Waals surface area contributed by atoms with Crippen molar-refractivity contribution in [1.82, 2.24) is 10.3 Å². The Bertz CT molecular complexity index is 1530. The normalized spacial score (nSPS) is 11.1. The highest BCUT2D eigenvalue weighted by atomic mass is 32.1. The quantitative estimate of drug-likeness (QED) is 0.219. The van der Waals surface area contributed by atoms with Gasteiger partial charge in [-0.25, -0.2) is 4.98 Å². The molecular weight excluding hydrogens is 458 g/mol. The molecule has 5 aromatic rings. The Hall–Kier alpha value is -4.49. The third-order valence-electron chi connectivity index (χ3n) is 5.25. The number of carbonyl (C=O) groups is 1. The third kappa shape index (κ3) is 5.37. The van der Waals surface area contributed by atoms with Gasteiger partial charge >= 0.3 is 0 Å². The van der Waals surface area contributed by atoms with E-state index in [1.54, 1.807) is 6.08 Å². The SMILES string of the molecule is Cc1ccc2nc(-c3ccc(NC(=S)NC(=O)/C=C/c4ccc(-c5ccccc5)o4)cc3)oc2c1. The van der Waals surface area contributed by atoms with Crippen LogP contribution in [0.25, 0.3) is 40.0 Å². The van der Waals surface area contributed by atoms with E-state index in [0.717, 1.165) is 39.2 Å². The molecule has 7 heteroatoms. The van der Waals surface area contributed by atoms with E-state index in [4.69, 9.17) is 21.1 Å². The van der Waals surface area contributed by atoms with E-state index in [-0.39, 0.29) is 11.0 Å². The molecule has 2 N–H and O–H groups in total. The van der Waals surface area contributed by atoms with Crippen molar-refractivity contribution in [3.63, 3.8) is 0 Å². The average Bonchev–Trinajstić information content (AvgIpc) is 3.51. The second-order valence-corrected chi connectivity index (χ2v) is 8.32. The molecule has 35 heavy (non-hydrogen) atoms. The van der Waals surface area contributed by atoms with Gasteiger partial charge < -0.3 is 14.2 Å². The smallest absolute Gasteiger partial charge is 0.250 e. The van der Waals surface area contributed by atoms with Gasteiger partial charge in [-0.2, -0.15) is 0 Å². The number of aromatic nitrogens is 1. The molecule has 0 saturated carbocycles. The number of thiocarbonyl (C=S) groups is 1. The van der Waals surface area contributed by atoms with Crippen molar-refractivity contribution in [2.75, 3.05) is 5.32 Å². The number of furan rings is 1. The number of nitrogens with zero attached hydrogens (tertiary/aromatic N) is 1. The lowest BCUT2D eigenvalue weighted by atomic mass is 10.2. The number of hydrogen-bond acceptors (Lipinski definition) is 5. The number of hydrogen-bond donors (Lipinski definition) is 2. The first kappa shape index (κ1) is 22.3. The summed E-state index contributed by atoms with van der Waals surface area (Å²) in [6.45, 7) is 2.01. The highest BCUT2D eigenvalue weighted by Gasteiger charge is 2.09. The van der Waals surface area contributed by atoms with E-state index in [2.05, 4.69) is 15.6 Å². The number of rotatable bonds is 5. The third-order valence-corrected chi connectivity index (χ3v) is 5.46. The molecule has 0 radical (unpaired) electrons. The summed E-state index contributed by atoms with van der Waals surface area (Å²) < 4.78 is 11.6. The molecule has 0 fully saturated rings.